The molecule has 1 unspecified atom stereocenters. The number of benzene rings is 3. The van der Waals surface area contributed by atoms with E-state index < -0.39 is 17.7 Å². The van der Waals surface area contributed by atoms with Crippen molar-refractivity contribution in [3.8, 4) is 5.75 Å². The number of anilines is 1. The monoisotopic (exact) mass is 433 g/mol. The Balaban J connectivity index is 1.97. The molecule has 0 spiro atoms. The van der Waals surface area contributed by atoms with Crippen LogP contribution in [0.4, 0.5) is 5.69 Å². The largest absolute Gasteiger partial charge is 0.507 e. The van der Waals surface area contributed by atoms with Gasteiger partial charge in [0.2, 0.25) is 0 Å². The fraction of sp³-hybridized carbons (Fsp3) is 0.120. The van der Waals surface area contributed by atoms with Gasteiger partial charge in [-0.15, -0.1) is 0 Å². The lowest BCUT2D eigenvalue weighted by molar-refractivity contribution is -0.132. The lowest BCUT2D eigenvalue weighted by Crippen LogP contribution is -2.29. The zero-order valence-electron chi connectivity index (χ0n) is 17.0. The van der Waals surface area contributed by atoms with Gasteiger partial charge in [-0.3, -0.25) is 14.5 Å². The molecule has 0 bridgehead atoms. The van der Waals surface area contributed by atoms with Gasteiger partial charge in [0.25, 0.3) is 11.7 Å². The number of methoxy groups -OCH3 is 1. The zero-order chi connectivity index (χ0) is 22.1. The predicted molar refractivity (Wildman–Crippen MR) is 120 cm³/mol. The van der Waals surface area contributed by atoms with Gasteiger partial charge in [0.05, 0.1) is 18.7 Å². The molecule has 1 aliphatic rings. The molecule has 6 heteroatoms. The van der Waals surface area contributed by atoms with Crippen LogP contribution in [0.25, 0.3) is 5.76 Å². The third-order valence-electron chi connectivity index (χ3n) is 5.33. The van der Waals surface area contributed by atoms with Gasteiger partial charge in [0.1, 0.15) is 11.5 Å². The average molecular weight is 434 g/mol. The van der Waals surface area contributed by atoms with Gasteiger partial charge in [-0.1, -0.05) is 60.1 Å². The summed E-state index contributed by atoms with van der Waals surface area (Å²) in [5, 5.41) is 11.5. The van der Waals surface area contributed by atoms with Crippen LogP contribution in [0.2, 0.25) is 5.02 Å². The van der Waals surface area contributed by atoms with Crippen molar-refractivity contribution < 1.29 is 19.4 Å². The van der Waals surface area contributed by atoms with E-state index in [-0.39, 0.29) is 11.3 Å². The van der Waals surface area contributed by atoms with Gasteiger partial charge in [-0.05, 0) is 42.3 Å². The van der Waals surface area contributed by atoms with Crippen LogP contribution in [0.5, 0.6) is 5.75 Å². The van der Waals surface area contributed by atoms with Crippen LogP contribution in [-0.2, 0) is 9.59 Å². The van der Waals surface area contributed by atoms with Crippen LogP contribution in [0.3, 0.4) is 0 Å². The number of rotatable bonds is 4. The van der Waals surface area contributed by atoms with Gasteiger partial charge in [-0.25, -0.2) is 0 Å². The van der Waals surface area contributed by atoms with E-state index >= 15 is 0 Å². The van der Waals surface area contributed by atoms with E-state index in [9.17, 15) is 14.7 Å². The molecule has 31 heavy (non-hydrogen) atoms. The van der Waals surface area contributed by atoms with Crippen LogP contribution < -0.4 is 9.64 Å². The van der Waals surface area contributed by atoms with E-state index in [1.54, 1.807) is 73.8 Å². The Labute approximate surface area is 185 Å². The average Bonchev–Trinajstić information content (AvgIpc) is 3.06. The van der Waals surface area contributed by atoms with Crippen molar-refractivity contribution in [3.05, 3.63) is 100 Å². The minimum atomic E-state index is -0.839. The molecule has 1 amide bonds. The molecule has 0 aromatic heterocycles. The Hall–Kier alpha value is -3.57. The highest BCUT2D eigenvalue weighted by Gasteiger charge is 2.47. The number of amides is 1. The lowest BCUT2D eigenvalue weighted by Gasteiger charge is -2.26. The molecule has 0 aliphatic carbocycles. The summed E-state index contributed by atoms with van der Waals surface area (Å²) < 4.78 is 5.34. The number of aliphatic hydroxyl groups is 1. The third-order valence-corrected chi connectivity index (χ3v) is 5.74. The number of Topliss-reactive ketones (excluding diaryl/α,β-unsaturated/α-hetero) is 1. The number of hydrogen-bond acceptors (Lipinski definition) is 4. The van der Waals surface area contributed by atoms with Gasteiger partial charge in [0.15, 0.2) is 0 Å². The normalized spacial score (nSPS) is 17.8. The second-order valence-corrected chi connectivity index (χ2v) is 7.65. The molecule has 1 atom stereocenters. The minimum absolute atomic E-state index is 0.0150. The van der Waals surface area contributed by atoms with E-state index in [1.807, 2.05) is 13.0 Å². The van der Waals surface area contributed by atoms with Gasteiger partial charge in [-0.2, -0.15) is 0 Å². The molecule has 1 fully saturated rings. The van der Waals surface area contributed by atoms with E-state index in [0.717, 1.165) is 5.56 Å². The number of ether oxygens (including phenoxy) is 1. The highest BCUT2D eigenvalue weighted by atomic mass is 35.5. The quantitative estimate of drug-likeness (QED) is 0.345. The van der Waals surface area contributed by atoms with Crippen molar-refractivity contribution in [2.75, 3.05) is 12.0 Å². The number of nitrogens with zero attached hydrogens (tertiary/aromatic N) is 1. The summed E-state index contributed by atoms with van der Waals surface area (Å²) >= 11 is 6.31. The van der Waals surface area contributed by atoms with Crippen LogP contribution in [-0.4, -0.2) is 23.9 Å². The maximum atomic E-state index is 13.1. The summed E-state index contributed by atoms with van der Waals surface area (Å²) in [5.41, 5.74) is 2.42. The summed E-state index contributed by atoms with van der Waals surface area (Å²) in [6.45, 7) is 1.86. The van der Waals surface area contributed by atoms with Crippen molar-refractivity contribution in [1.82, 2.24) is 0 Å². The van der Waals surface area contributed by atoms with Gasteiger partial charge < -0.3 is 9.84 Å². The smallest absolute Gasteiger partial charge is 0.300 e. The third kappa shape index (κ3) is 3.68. The Morgan fingerprint density at radius 1 is 1.00 bits per heavy atom. The van der Waals surface area contributed by atoms with Crippen molar-refractivity contribution >= 4 is 34.7 Å². The summed E-state index contributed by atoms with van der Waals surface area (Å²) in [6.07, 6.45) is 0. The maximum absolute atomic E-state index is 13.1. The number of aliphatic hydroxyl groups excluding tert-OH is 1. The first-order valence-corrected chi connectivity index (χ1v) is 10.1. The van der Waals surface area contributed by atoms with Gasteiger partial charge >= 0.3 is 0 Å². The predicted octanol–water partition coefficient (Wildman–Crippen LogP) is 5.28. The first kappa shape index (κ1) is 20.7. The number of halogens is 1. The van der Waals surface area contributed by atoms with Crippen LogP contribution in [0.15, 0.2) is 78.4 Å². The molecule has 1 aliphatic heterocycles. The van der Waals surface area contributed by atoms with Crippen LogP contribution >= 0.6 is 11.6 Å². The number of ketones is 1. The van der Waals surface area contributed by atoms with Crippen molar-refractivity contribution in [3.63, 3.8) is 0 Å². The van der Waals surface area contributed by atoms with Crippen molar-refractivity contribution in [2.24, 2.45) is 0 Å². The molecule has 5 nitrogen and oxygen atoms in total. The number of aryl methyl sites for hydroxylation is 1. The maximum Gasteiger partial charge on any atom is 0.300 e. The molecule has 1 N–H and O–H groups in total. The number of carbonyl (C=O) groups is 2. The van der Waals surface area contributed by atoms with Crippen molar-refractivity contribution in [2.45, 2.75) is 13.0 Å². The Morgan fingerprint density at radius 3 is 2.42 bits per heavy atom. The Bertz CT molecular complexity index is 1200. The standard InChI is InChI=1S/C25H20ClNO4/c1-15-11-12-18(14-20(15)26)27-22(17-9-6-10-19(13-17)31-2)21(24(29)25(27)30)23(28)16-7-4-3-5-8-16/h3-14,22,28H,1-2H3/b23-21+. The molecule has 3 aromatic carbocycles. The highest BCUT2D eigenvalue weighted by Crippen LogP contribution is 2.43. The summed E-state index contributed by atoms with van der Waals surface area (Å²) in [7, 11) is 1.54. The summed E-state index contributed by atoms with van der Waals surface area (Å²) in [5.74, 6) is -1.15. The number of carbonyl (C=O) groups excluding carboxylic acids is 2. The fourth-order valence-electron chi connectivity index (χ4n) is 3.71. The first-order valence-electron chi connectivity index (χ1n) is 9.69. The second-order valence-electron chi connectivity index (χ2n) is 7.25. The fourth-order valence-corrected chi connectivity index (χ4v) is 3.88. The molecule has 3 aromatic rings. The minimum Gasteiger partial charge on any atom is -0.507 e. The highest BCUT2D eigenvalue weighted by molar-refractivity contribution is 6.51. The molecule has 1 heterocycles. The zero-order valence-corrected chi connectivity index (χ0v) is 17.8. The van der Waals surface area contributed by atoms with Gasteiger partial charge in [0, 0.05) is 16.3 Å². The first-order chi connectivity index (χ1) is 14.9. The van der Waals surface area contributed by atoms with Crippen molar-refractivity contribution in [1.29, 1.82) is 0 Å². The molecule has 0 saturated carbocycles. The number of hydrogen-bond donors (Lipinski definition) is 1. The van der Waals surface area contributed by atoms with Crippen LogP contribution in [0.1, 0.15) is 22.7 Å². The molecule has 0 radical (unpaired) electrons. The topological polar surface area (TPSA) is 66.8 Å². The van der Waals surface area contributed by atoms with E-state index in [1.165, 1.54) is 4.90 Å². The molecule has 1 saturated heterocycles. The molecule has 156 valence electrons. The second kappa shape index (κ2) is 8.28. The summed E-state index contributed by atoms with van der Waals surface area (Å²) in [4.78, 5) is 27.6. The molecular formula is C25H20ClNO4. The summed E-state index contributed by atoms with van der Waals surface area (Å²) in [6, 6.07) is 20.1. The van der Waals surface area contributed by atoms with E-state index in [0.29, 0.717) is 27.6 Å². The molecule has 4 rings (SSSR count). The molecular weight excluding hydrogens is 414 g/mol. The van der Waals surface area contributed by atoms with Crippen LogP contribution in [0, 0.1) is 6.92 Å². The van der Waals surface area contributed by atoms with E-state index in [2.05, 4.69) is 0 Å². The van der Waals surface area contributed by atoms with E-state index in [4.69, 9.17) is 16.3 Å². The Kier molecular flexibility index (Phi) is 5.53. The lowest BCUT2D eigenvalue weighted by atomic mass is 9.95. The Morgan fingerprint density at radius 2 is 1.74 bits per heavy atom. The SMILES string of the molecule is COc1cccc(C2/C(=C(\O)c3ccccc3)C(=O)C(=O)N2c2ccc(C)c(Cl)c2)c1.